The summed E-state index contributed by atoms with van der Waals surface area (Å²) in [7, 11) is 1.39. The number of fused-ring (bicyclic) bond motifs is 3. The summed E-state index contributed by atoms with van der Waals surface area (Å²) in [6, 6.07) is 26.1. The lowest BCUT2D eigenvalue weighted by Gasteiger charge is -2.43. The van der Waals surface area contributed by atoms with E-state index in [1.165, 1.54) is 12.7 Å². The van der Waals surface area contributed by atoms with Crippen LogP contribution in [0.3, 0.4) is 0 Å². The maximum Gasteiger partial charge on any atom is 0.408 e. The number of alkyl carbamates (subject to hydrolysis) is 1. The van der Waals surface area contributed by atoms with E-state index in [2.05, 4.69) is 41.8 Å². The molecule has 0 saturated carbocycles. The number of ether oxygens (including phenoxy) is 2. The number of amides is 2. The van der Waals surface area contributed by atoms with E-state index in [1.807, 2.05) is 61.5 Å². The van der Waals surface area contributed by atoms with Crippen molar-refractivity contribution in [3.05, 3.63) is 107 Å². The molecule has 3 aromatic rings. The Morgan fingerprint density at radius 3 is 2.05 bits per heavy atom. The van der Waals surface area contributed by atoms with Crippen LogP contribution in [-0.2, 0) is 19.1 Å². The van der Waals surface area contributed by atoms with E-state index in [0.29, 0.717) is 12.8 Å². The summed E-state index contributed by atoms with van der Waals surface area (Å²) >= 11 is 0. The second-order valence-corrected chi connectivity index (χ2v) is 12.3. The molecule has 0 radical (unpaired) electrons. The maximum absolute atomic E-state index is 13.5. The highest BCUT2D eigenvalue weighted by Crippen LogP contribution is 2.50. The van der Waals surface area contributed by atoms with Crippen molar-refractivity contribution in [2.45, 2.75) is 57.9 Å². The number of esters is 1. The van der Waals surface area contributed by atoms with Crippen LogP contribution in [0.2, 0.25) is 0 Å². The van der Waals surface area contributed by atoms with Gasteiger partial charge in [0.15, 0.2) is 0 Å². The Balaban J connectivity index is 1.27. The monoisotopic (exact) mass is 580 g/mol. The van der Waals surface area contributed by atoms with Gasteiger partial charge in [0.1, 0.15) is 12.1 Å². The van der Waals surface area contributed by atoms with Gasteiger partial charge in [-0.25, -0.2) is 4.79 Å². The van der Waals surface area contributed by atoms with Crippen molar-refractivity contribution in [1.29, 1.82) is 0 Å². The molecular weight excluding hydrogens is 540 g/mol. The predicted octanol–water partition coefficient (Wildman–Crippen LogP) is 6.49. The zero-order chi connectivity index (χ0) is 30.8. The van der Waals surface area contributed by atoms with E-state index in [1.54, 1.807) is 13.8 Å². The minimum atomic E-state index is -1.29. The highest BCUT2D eigenvalue weighted by Gasteiger charge is 2.50. The second-order valence-electron chi connectivity index (χ2n) is 12.3. The van der Waals surface area contributed by atoms with Crippen LogP contribution < -0.4 is 10.6 Å². The van der Waals surface area contributed by atoms with Gasteiger partial charge in [0.25, 0.3) is 0 Å². The molecule has 5 rings (SSSR count). The predicted molar refractivity (Wildman–Crippen MR) is 167 cm³/mol. The molecule has 0 aromatic heterocycles. The lowest BCUT2D eigenvalue weighted by molar-refractivity contribution is -0.155. The highest BCUT2D eigenvalue weighted by atomic mass is 16.5. The van der Waals surface area contributed by atoms with Gasteiger partial charge in [0.05, 0.1) is 12.5 Å². The molecule has 2 atom stereocenters. The number of benzene rings is 3. The first-order chi connectivity index (χ1) is 20.6. The molecule has 7 heteroatoms. The molecule has 0 spiro atoms. The number of rotatable bonds is 8. The lowest BCUT2D eigenvalue weighted by atomic mass is 9.62. The molecule has 2 N–H and O–H groups in total. The molecule has 0 bridgehead atoms. The molecule has 224 valence electrons. The first kappa shape index (κ1) is 30.1. The average molecular weight is 581 g/mol. The third-order valence-corrected chi connectivity index (χ3v) is 9.17. The summed E-state index contributed by atoms with van der Waals surface area (Å²) in [5.74, 6) is -1.05. The number of allylic oxidation sites excluding steroid dienone is 2. The molecule has 3 aromatic carbocycles. The molecular formula is C36H40N2O5. The van der Waals surface area contributed by atoms with Gasteiger partial charge in [0, 0.05) is 18.4 Å². The van der Waals surface area contributed by atoms with E-state index in [9.17, 15) is 14.4 Å². The van der Waals surface area contributed by atoms with Crippen molar-refractivity contribution in [2.24, 2.45) is 5.41 Å². The van der Waals surface area contributed by atoms with Crippen LogP contribution in [0.1, 0.15) is 69.1 Å². The van der Waals surface area contributed by atoms with E-state index >= 15 is 0 Å². The van der Waals surface area contributed by atoms with Crippen molar-refractivity contribution < 1.29 is 23.9 Å². The SMILES string of the molecule is COC(=O)[C@]1(CNC(=O)C(C)(C)NC(=O)OCC2c3ccccc3-c3ccccc32)CC(C)=C(C)C[C@H]1c1ccccc1. The van der Waals surface area contributed by atoms with Gasteiger partial charge in [-0.05, 0) is 68.4 Å². The molecule has 0 heterocycles. The van der Waals surface area contributed by atoms with Crippen LogP contribution in [0, 0.1) is 5.41 Å². The average Bonchev–Trinajstić information content (AvgIpc) is 3.33. The number of nitrogens with one attached hydrogen (secondary N) is 2. The number of carbonyl (C=O) groups excluding carboxylic acids is 3. The molecule has 2 aliphatic carbocycles. The Morgan fingerprint density at radius 1 is 0.860 bits per heavy atom. The Labute approximate surface area is 253 Å². The first-order valence-corrected chi connectivity index (χ1v) is 14.8. The van der Waals surface area contributed by atoms with Gasteiger partial charge in [-0.3, -0.25) is 9.59 Å². The Hall–Kier alpha value is -4.39. The molecule has 43 heavy (non-hydrogen) atoms. The summed E-state index contributed by atoms with van der Waals surface area (Å²) in [4.78, 5) is 40.0. The topological polar surface area (TPSA) is 93.7 Å². The van der Waals surface area contributed by atoms with Gasteiger partial charge >= 0.3 is 12.1 Å². The Kier molecular flexibility index (Phi) is 8.45. The van der Waals surface area contributed by atoms with Crippen LogP contribution in [0.5, 0.6) is 0 Å². The normalized spacial score (nSPS) is 19.7. The smallest absolute Gasteiger partial charge is 0.408 e. The second kappa shape index (κ2) is 12.1. The van der Waals surface area contributed by atoms with Gasteiger partial charge in [-0.1, -0.05) is 90.0 Å². The first-order valence-electron chi connectivity index (χ1n) is 14.8. The van der Waals surface area contributed by atoms with Crippen molar-refractivity contribution in [2.75, 3.05) is 20.3 Å². The fourth-order valence-corrected chi connectivity index (χ4v) is 6.63. The van der Waals surface area contributed by atoms with Crippen molar-refractivity contribution in [3.8, 4) is 11.1 Å². The summed E-state index contributed by atoms with van der Waals surface area (Å²) in [6.45, 7) is 7.58. The van der Waals surface area contributed by atoms with E-state index < -0.39 is 23.0 Å². The van der Waals surface area contributed by atoms with Crippen molar-refractivity contribution in [1.82, 2.24) is 10.6 Å². The van der Waals surface area contributed by atoms with Crippen LogP contribution in [-0.4, -0.2) is 43.8 Å². The molecule has 2 amide bonds. The van der Waals surface area contributed by atoms with Gasteiger partial charge in [-0.15, -0.1) is 0 Å². The van der Waals surface area contributed by atoms with Gasteiger partial charge < -0.3 is 20.1 Å². The zero-order valence-corrected chi connectivity index (χ0v) is 25.5. The molecule has 0 aliphatic heterocycles. The third-order valence-electron chi connectivity index (χ3n) is 9.17. The van der Waals surface area contributed by atoms with Crippen LogP contribution in [0.4, 0.5) is 4.79 Å². The summed E-state index contributed by atoms with van der Waals surface area (Å²) < 4.78 is 11.0. The number of hydrogen-bond acceptors (Lipinski definition) is 5. The largest absolute Gasteiger partial charge is 0.469 e. The number of hydrogen-bond donors (Lipinski definition) is 2. The molecule has 0 unspecified atom stereocenters. The standard InChI is InChI=1S/C36H40N2O5/c1-23-19-31(25-13-7-6-8-14-25)36(20-24(23)2,33(40)42-5)22-37-32(39)35(3,4)38-34(41)43-21-30-28-17-11-9-15-26(28)27-16-10-12-18-29(27)30/h6-18,30-31H,19-22H2,1-5H3,(H,37,39)(H,38,41)/t31-,36-/m0/s1. The van der Waals surface area contributed by atoms with E-state index in [-0.39, 0.29) is 31.0 Å². The molecule has 0 saturated heterocycles. The Bertz CT molecular complexity index is 1520. The summed E-state index contributed by atoms with van der Waals surface area (Å²) in [6.07, 6.45) is 0.465. The van der Waals surface area contributed by atoms with E-state index in [4.69, 9.17) is 9.47 Å². The maximum atomic E-state index is 13.5. The minimum Gasteiger partial charge on any atom is -0.469 e. The fourth-order valence-electron chi connectivity index (χ4n) is 6.63. The number of methoxy groups -OCH3 is 1. The number of carbonyl (C=O) groups is 3. The fraction of sp³-hybridized carbons (Fsp3) is 0.361. The van der Waals surface area contributed by atoms with Crippen LogP contribution in [0.15, 0.2) is 90.0 Å². The summed E-state index contributed by atoms with van der Waals surface area (Å²) in [5, 5.41) is 5.71. The zero-order valence-electron chi connectivity index (χ0n) is 25.5. The molecule has 7 nitrogen and oxygen atoms in total. The summed E-state index contributed by atoms with van der Waals surface area (Å²) in [5.41, 5.74) is 5.59. The van der Waals surface area contributed by atoms with Gasteiger partial charge in [0.2, 0.25) is 5.91 Å². The molecule has 0 fully saturated rings. The lowest BCUT2D eigenvalue weighted by Crippen LogP contribution is -2.58. The quantitative estimate of drug-likeness (QED) is 0.235. The Morgan fingerprint density at radius 2 is 1.44 bits per heavy atom. The van der Waals surface area contributed by atoms with Crippen LogP contribution in [0.25, 0.3) is 11.1 Å². The van der Waals surface area contributed by atoms with E-state index in [0.717, 1.165) is 33.4 Å². The van der Waals surface area contributed by atoms with Gasteiger partial charge in [-0.2, -0.15) is 0 Å². The minimum absolute atomic E-state index is 0.0679. The highest BCUT2D eigenvalue weighted by molar-refractivity contribution is 5.90. The third kappa shape index (κ3) is 5.81. The van der Waals surface area contributed by atoms with Crippen molar-refractivity contribution in [3.63, 3.8) is 0 Å². The molecule has 2 aliphatic rings. The van der Waals surface area contributed by atoms with Crippen LogP contribution >= 0.6 is 0 Å². The van der Waals surface area contributed by atoms with Crippen molar-refractivity contribution >= 4 is 18.0 Å².